The summed E-state index contributed by atoms with van der Waals surface area (Å²) in [7, 11) is 1.05. The Hall–Kier alpha value is -3.65. The molecule has 2 amide bonds. The molecule has 1 saturated heterocycles. The number of nitrogens with zero attached hydrogens (tertiary/aromatic N) is 4. The lowest BCUT2D eigenvalue weighted by Gasteiger charge is -2.47. The highest BCUT2D eigenvalue weighted by Crippen LogP contribution is 2.49. The van der Waals surface area contributed by atoms with Crippen molar-refractivity contribution < 1.29 is 32.7 Å². The number of aryl methyl sites for hydroxylation is 2. The number of carbonyl (C=O) groups excluding carboxylic acids is 2. The number of halogens is 1. The van der Waals surface area contributed by atoms with E-state index >= 15 is 0 Å². The smallest absolute Gasteiger partial charge is 0.286 e. The number of nitrogens with one attached hydrogen (secondary N) is 1. The lowest BCUT2D eigenvalue weighted by atomic mass is 9.66. The highest BCUT2D eigenvalue weighted by atomic mass is 35.5. The van der Waals surface area contributed by atoms with Crippen LogP contribution < -0.4 is 19.1 Å². The maximum Gasteiger partial charge on any atom is 0.286 e. The first-order valence-electron chi connectivity index (χ1n) is 19.1. The van der Waals surface area contributed by atoms with Crippen molar-refractivity contribution in [1.82, 2.24) is 14.5 Å². The fraction of sp³-hybridized carbons (Fsp3) is 0.575. The van der Waals surface area contributed by atoms with E-state index in [0.717, 1.165) is 55.8 Å². The zero-order valence-electron chi connectivity index (χ0n) is 31.4. The van der Waals surface area contributed by atoms with Gasteiger partial charge in [-0.2, -0.15) is 0 Å². The number of hydrogen-bond donors (Lipinski definition) is 1. The normalized spacial score (nSPS) is 32.2. The Balaban J connectivity index is 1.22. The minimum atomic E-state index is -3.69. The first-order valence-corrected chi connectivity index (χ1v) is 21.2. The molecule has 2 bridgehead atoms. The van der Waals surface area contributed by atoms with Crippen molar-refractivity contribution in [3.05, 3.63) is 69.9 Å². The maximum absolute atomic E-state index is 14.9. The van der Waals surface area contributed by atoms with E-state index in [-0.39, 0.29) is 52.2 Å². The summed E-state index contributed by atoms with van der Waals surface area (Å²) in [6, 6.07) is 11.6. The number of methoxy groups -OCH3 is 2. The Kier molecular flexibility index (Phi) is 10.2. The number of fused-ring (bicyclic) bond motifs is 6. The number of ether oxygens (including phenoxy) is 4. The summed E-state index contributed by atoms with van der Waals surface area (Å²) in [5.41, 5.74) is 3.44. The Bertz CT molecular complexity index is 2060. The minimum Gasteiger partial charge on any atom is -0.490 e. The maximum atomic E-state index is 14.9. The van der Waals surface area contributed by atoms with Crippen LogP contribution in [-0.2, 0) is 38.3 Å². The molecule has 1 aromatic heterocycles. The largest absolute Gasteiger partial charge is 0.490 e. The summed E-state index contributed by atoms with van der Waals surface area (Å²) in [5, 5.41) is 4.92. The van der Waals surface area contributed by atoms with Crippen LogP contribution in [0.5, 0.6) is 11.6 Å². The zero-order valence-corrected chi connectivity index (χ0v) is 33.0. The van der Waals surface area contributed by atoms with Crippen molar-refractivity contribution in [2.75, 3.05) is 51.2 Å². The van der Waals surface area contributed by atoms with Gasteiger partial charge in [-0.1, -0.05) is 24.6 Å². The average molecular weight is 780 g/mol. The van der Waals surface area contributed by atoms with Gasteiger partial charge in [0.2, 0.25) is 5.88 Å². The number of anilines is 1. The number of aromatic nitrogens is 2. The van der Waals surface area contributed by atoms with Crippen molar-refractivity contribution >= 4 is 39.0 Å². The van der Waals surface area contributed by atoms with Crippen LogP contribution in [0.25, 0.3) is 0 Å². The van der Waals surface area contributed by atoms with Gasteiger partial charge < -0.3 is 23.8 Å². The average Bonchev–Trinajstić information content (AvgIpc) is 3.71. The zero-order chi connectivity index (χ0) is 37.8. The van der Waals surface area contributed by atoms with Crippen LogP contribution in [0.2, 0.25) is 5.02 Å². The van der Waals surface area contributed by atoms with Gasteiger partial charge in [-0.15, -0.1) is 9.46 Å². The van der Waals surface area contributed by atoms with Crippen LogP contribution in [-0.4, -0.2) is 84.3 Å². The van der Waals surface area contributed by atoms with Gasteiger partial charge in [0, 0.05) is 56.1 Å². The van der Waals surface area contributed by atoms with E-state index in [4.69, 9.17) is 30.5 Å². The summed E-state index contributed by atoms with van der Waals surface area (Å²) in [5.74, 6) is 0.0337. The Morgan fingerprint density at radius 2 is 1.98 bits per heavy atom. The second kappa shape index (κ2) is 14.8. The fourth-order valence-corrected chi connectivity index (χ4v) is 11.8. The molecule has 2 fully saturated rings. The minimum absolute atomic E-state index is 0.0780. The van der Waals surface area contributed by atoms with E-state index in [9.17, 15) is 13.8 Å². The van der Waals surface area contributed by atoms with E-state index in [1.807, 2.05) is 25.1 Å². The van der Waals surface area contributed by atoms with Crippen molar-refractivity contribution in [2.24, 2.45) is 35.1 Å². The topological polar surface area (TPSA) is 134 Å². The van der Waals surface area contributed by atoms with Crippen molar-refractivity contribution in [3.63, 3.8) is 0 Å². The van der Waals surface area contributed by atoms with Crippen molar-refractivity contribution in [1.29, 1.82) is 0 Å². The molecule has 290 valence electrons. The molecule has 0 radical (unpaired) electrons. The lowest BCUT2D eigenvalue weighted by Crippen LogP contribution is -2.50. The number of rotatable bonds is 4. The molecule has 1 N–H and O–H groups in total. The second-order valence-corrected chi connectivity index (χ2v) is 18.5. The molecule has 3 aromatic rings. The lowest BCUT2D eigenvalue weighted by molar-refractivity contribution is -0.0389. The molecule has 1 saturated carbocycles. The quantitative estimate of drug-likeness (QED) is 0.339. The van der Waals surface area contributed by atoms with Gasteiger partial charge in [-0.05, 0) is 110 Å². The van der Waals surface area contributed by atoms with Gasteiger partial charge in [0.05, 0.1) is 37.4 Å². The third-order valence-electron chi connectivity index (χ3n) is 12.6. The molecule has 54 heavy (non-hydrogen) atoms. The Labute approximate surface area is 322 Å². The summed E-state index contributed by atoms with van der Waals surface area (Å²) >= 11 is 6.49. The molecule has 2 aliphatic carbocycles. The Morgan fingerprint density at radius 1 is 1.13 bits per heavy atom. The standard InChI is InChI=1S/C40H50ClN5O7S/c1-24-21-54(49,44-38(48)31-20-45(2)42-39(31)51-4)43-37(47)27-8-12-34-33(17-27)46(19-28-7-10-30(28)36-26(13-15-52-36)18-35(24)50-3)22-40(23-53-34)14-5-6-25-16-29(41)9-11-32(25)40/h8-9,11-12,16-17,20,24,26,28,30,35-36H,5-7,10,13-15,18-19,21-23H2,1-4H3,(H,43,44,47,48,49)/t24-,26-,28+,30-,35+,36+,40+,54?/m1/s1. The van der Waals surface area contributed by atoms with E-state index < -0.39 is 21.7 Å². The Morgan fingerprint density at radius 3 is 2.76 bits per heavy atom. The van der Waals surface area contributed by atoms with Gasteiger partial charge in [0.25, 0.3) is 11.8 Å². The van der Waals surface area contributed by atoms with E-state index in [0.29, 0.717) is 43.8 Å². The van der Waals surface area contributed by atoms with Crippen LogP contribution in [0.3, 0.4) is 0 Å². The molecular formula is C40H50ClN5O7S. The van der Waals surface area contributed by atoms with Gasteiger partial charge in [0.1, 0.15) is 21.2 Å². The van der Waals surface area contributed by atoms with Gasteiger partial charge >= 0.3 is 0 Å². The summed E-state index contributed by atoms with van der Waals surface area (Å²) in [4.78, 5) is 30.3. The van der Waals surface area contributed by atoms with E-state index in [1.54, 1.807) is 20.2 Å². The number of benzene rings is 2. The summed E-state index contributed by atoms with van der Waals surface area (Å²) in [6.45, 7) is 4.63. The highest BCUT2D eigenvalue weighted by Gasteiger charge is 2.47. The molecule has 2 aromatic carbocycles. The van der Waals surface area contributed by atoms with Crippen LogP contribution in [0.1, 0.15) is 77.3 Å². The SMILES string of the molecule is COc1nn(C)cc1C(=O)NS1(=O)=NC(=O)c2ccc3c(c2)N(C[C@@H]2CC[C@H]2[C@H]2OCC[C@@H]2C[C@H](OC)[C@H](C)C1)C[C@@]1(CCCc2cc(Cl)ccc21)CO3. The molecule has 3 aliphatic heterocycles. The first-order chi connectivity index (χ1) is 26.0. The molecule has 5 aliphatic rings. The summed E-state index contributed by atoms with van der Waals surface area (Å²) in [6.07, 6.45) is 8.07. The molecule has 12 nitrogen and oxygen atoms in total. The predicted octanol–water partition coefficient (Wildman–Crippen LogP) is 5.99. The van der Waals surface area contributed by atoms with Gasteiger partial charge in [-0.3, -0.25) is 19.0 Å². The third kappa shape index (κ3) is 7.01. The molecule has 8 rings (SSSR count). The van der Waals surface area contributed by atoms with Crippen molar-refractivity contribution in [3.8, 4) is 11.6 Å². The molecule has 1 unspecified atom stereocenters. The van der Waals surface area contributed by atoms with Crippen LogP contribution in [0, 0.1) is 23.7 Å². The molecular weight excluding hydrogens is 730 g/mol. The number of hydrogen-bond acceptors (Lipinski definition) is 9. The predicted molar refractivity (Wildman–Crippen MR) is 206 cm³/mol. The molecule has 8 atom stereocenters. The van der Waals surface area contributed by atoms with Crippen molar-refractivity contribution in [2.45, 2.75) is 69.5 Å². The molecule has 1 spiro atoms. The van der Waals surface area contributed by atoms with Crippen LogP contribution in [0.15, 0.2) is 47.0 Å². The molecule has 4 heterocycles. The third-order valence-corrected chi connectivity index (χ3v) is 14.8. The van der Waals surface area contributed by atoms with E-state index in [2.05, 4.69) is 31.2 Å². The fourth-order valence-electron chi connectivity index (χ4n) is 9.75. The van der Waals surface area contributed by atoms with Crippen LogP contribution in [0.4, 0.5) is 5.69 Å². The first kappa shape index (κ1) is 37.3. The molecule has 14 heteroatoms. The highest BCUT2D eigenvalue weighted by molar-refractivity contribution is 7.92. The van der Waals surface area contributed by atoms with Gasteiger partial charge in [0.15, 0.2) is 0 Å². The van der Waals surface area contributed by atoms with Crippen LogP contribution >= 0.6 is 11.6 Å². The monoisotopic (exact) mass is 779 g/mol. The number of carbonyl (C=O) groups is 2. The second-order valence-electron chi connectivity index (χ2n) is 16.0. The summed E-state index contributed by atoms with van der Waals surface area (Å²) < 4.78 is 47.9. The number of amides is 2. The van der Waals surface area contributed by atoms with E-state index in [1.165, 1.54) is 29.1 Å². The van der Waals surface area contributed by atoms with Gasteiger partial charge in [-0.25, -0.2) is 4.21 Å².